The number of hydrogen-bond acceptors (Lipinski definition) is 3. The average molecular weight is 238 g/mol. The monoisotopic (exact) mass is 238 g/mol. The Morgan fingerprint density at radius 3 is 2.33 bits per heavy atom. The molecule has 0 aliphatic carbocycles. The highest BCUT2D eigenvalue weighted by atomic mass is 32.2. The summed E-state index contributed by atoms with van der Waals surface area (Å²) in [7, 11) is -3.39. The summed E-state index contributed by atoms with van der Waals surface area (Å²) in [6.45, 7) is 6.41. The van der Waals surface area contributed by atoms with Crippen LogP contribution in [-0.2, 0) is 10.2 Å². The van der Waals surface area contributed by atoms with Crippen molar-refractivity contribution in [1.29, 1.82) is 0 Å². The highest BCUT2D eigenvalue weighted by Crippen LogP contribution is 1.95. The summed E-state index contributed by atoms with van der Waals surface area (Å²) in [6, 6.07) is 0. The number of aliphatic hydroxyl groups excluding tert-OH is 1. The second kappa shape index (κ2) is 7.16. The maximum absolute atomic E-state index is 11.3. The summed E-state index contributed by atoms with van der Waals surface area (Å²) in [5, 5.41) is 9.22. The fraction of sp³-hybridized carbons (Fsp3) is 1.00. The van der Waals surface area contributed by atoms with Crippen LogP contribution < -0.4 is 9.44 Å². The molecule has 0 bridgehead atoms. The van der Waals surface area contributed by atoms with Crippen LogP contribution in [0.15, 0.2) is 0 Å². The normalized spacial score (nSPS) is 14.5. The molecule has 0 aromatic carbocycles. The van der Waals surface area contributed by atoms with Gasteiger partial charge in [-0.05, 0) is 18.8 Å². The minimum atomic E-state index is -3.39. The number of hydrogen-bond donors (Lipinski definition) is 3. The van der Waals surface area contributed by atoms with Gasteiger partial charge in [-0.25, -0.2) is 9.44 Å². The van der Waals surface area contributed by atoms with Crippen molar-refractivity contribution in [3.63, 3.8) is 0 Å². The molecule has 0 rings (SSSR count). The van der Waals surface area contributed by atoms with E-state index in [1.807, 2.05) is 20.8 Å². The predicted molar refractivity (Wildman–Crippen MR) is 60.7 cm³/mol. The lowest BCUT2D eigenvalue weighted by molar-refractivity contribution is 0.162. The molecule has 1 unspecified atom stereocenters. The molecule has 0 saturated heterocycles. The van der Waals surface area contributed by atoms with Gasteiger partial charge < -0.3 is 5.11 Å². The molecule has 15 heavy (non-hydrogen) atoms. The Kier molecular flexibility index (Phi) is 7.08. The van der Waals surface area contributed by atoms with Crippen LogP contribution in [0, 0.1) is 5.92 Å². The van der Waals surface area contributed by atoms with Gasteiger partial charge in [0.2, 0.25) is 0 Å². The molecule has 0 fully saturated rings. The van der Waals surface area contributed by atoms with Crippen LogP contribution in [0.3, 0.4) is 0 Å². The van der Waals surface area contributed by atoms with Crippen LogP contribution in [0.4, 0.5) is 0 Å². The Balaban J connectivity index is 3.75. The smallest absolute Gasteiger partial charge is 0.276 e. The predicted octanol–water partition coefficient (Wildman–Crippen LogP) is 0.227. The van der Waals surface area contributed by atoms with Crippen molar-refractivity contribution in [3.05, 3.63) is 0 Å². The van der Waals surface area contributed by atoms with Crippen molar-refractivity contribution < 1.29 is 13.5 Å². The lowest BCUT2D eigenvalue weighted by Crippen LogP contribution is -2.39. The first-order chi connectivity index (χ1) is 6.87. The van der Waals surface area contributed by atoms with Crippen molar-refractivity contribution in [1.82, 2.24) is 9.44 Å². The Labute approximate surface area is 92.4 Å². The molecule has 1 atom stereocenters. The quantitative estimate of drug-likeness (QED) is 0.566. The Morgan fingerprint density at radius 1 is 1.27 bits per heavy atom. The van der Waals surface area contributed by atoms with E-state index < -0.39 is 16.3 Å². The van der Waals surface area contributed by atoms with Crippen LogP contribution in [0.25, 0.3) is 0 Å². The van der Waals surface area contributed by atoms with Gasteiger partial charge in [-0.15, -0.1) is 0 Å². The molecule has 0 heterocycles. The van der Waals surface area contributed by atoms with E-state index in [4.69, 9.17) is 0 Å². The largest absolute Gasteiger partial charge is 0.393 e. The van der Waals surface area contributed by atoms with Crippen molar-refractivity contribution in [2.75, 3.05) is 13.1 Å². The van der Waals surface area contributed by atoms with Crippen LogP contribution in [0.2, 0.25) is 0 Å². The van der Waals surface area contributed by atoms with E-state index in [0.29, 0.717) is 19.4 Å². The highest BCUT2D eigenvalue weighted by molar-refractivity contribution is 7.87. The number of rotatable bonds is 8. The van der Waals surface area contributed by atoms with Gasteiger partial charge in [0.15, 0.2) is 0 Å². The standard InChI is InChI=1S/C9H22N2O3S/c1-4-9(12)5-6-10-15(13,14)11-7-8(2)3/h8-12H,4-7H2,1-3H3. The van der Waals surface area contributed by atoms with Gasteiger partial charge in [0.25, 0.3) is 10.2 Å². The topological polar surface area (TPSA) is 78.4 Å². The summed E-state index contributed by atoms with van der Waals surface area (Å²) >= 11 is 0. The minimum Gasteiger partial charge on any atom is -0.393 e. The molecule has 0 radical (unpaired) electrons. The van der Waals surface area contributed by atoms with Crippen molar-refractivity contribution in [2.45, 2.75) is 39.7 Å². The molecule has 0 aliphatic rings. The summed E-state index contributed by atoms with van der Waals surface area (Å²) in [5.41, 5.74) is 0. The van der Waals surface area contributed by atoms with Gasteiger partial charge in [-0.2, -0.15) is 8.42 Å². The van der Waals surface area contributed by atoms with Gasteiger partial charge in [0.05, 0.1) is 6.10 Å². The first-order valence-corrected chi connectivity index (χ1v) is 6.78. The molecule has 6 heteroatoms. The fourth-order valence-electron chi connectivity index (χ4n) is 0.891. The average Bonchev–Trinajstić information content (AvgIpc) is 2.14. The van der Waals surface area contributed by atoms with E-state index >= 15 is 0 Å². The van der Waals surface area contributed by atoms with E-state index in [9.17, 15) is 13.5 Å². The van der Waals surface area contributed by atoms with Crippen molar-refractivity contribution in [2.24, 2.45) is 5.92 Å². The molecule has 0 saturated carbocycles. The molecule has 0 amide bonds. The molecule has 5 nitrogen and oxygen atoms in total. The van der Waals surface area contributed by atoms with Crippen LogP contribution in [0.5, 0.6) is 0 Å². The molecule has 0 spiro atoms. The van der Waals surface area contributed by atoms with Crippen molar-refractivity contribution >= 4 is 10.2 Å². The van der Waals surface area contributed by atoms with Crippen LogP contribution in [0.1, 0.15) is 33.6 Å². The second-order valence-electron chi connectivity index (χ2n) is 3.99. The lowest BCUT2D eigenvalue weighted by Gasteiger charge is -2.11. The summed E-state index contributed by atoms with van der Waals surface area (Å²) in [6.07, 6.45) is 0.651. The van der Waals surface area contributed by atoms with Gasteiger partial charge >= 0.3 is 0 Å². The first kappa shape index (κ1) is 14.8. The first-order valence-electron chi connectivity index (χ1n) is 5.29. The summed E-state index contributed by atoms with van der Waals surface area (Å²) < 4.78 is 27.4. The molecule has 0 aromatic heterocycles. The van der Waals surface area contributed by atoms with Crippen molar-refractivity contribution in [3.8, 4) is 0 Å². The third-order valence-electron chi connectivity index (χ3n) is 1.92. The minimum absolute atomic E-state index is 0.266. The Bertz CT molecular complexity index is 252. The maximum atomic E-state index is 11.3. The van der Waals surface area contributed by atoms with E-state index in [0.717, 1.165) is 0 Å². The summed E-state index contributed by atoms with van der Waals surface area (Å²) in [4.78, 5) is 0. The number of nitrogens with one attached hydrogen (secondary N) is 2. The zero-order valence-electron chi connectivity index (χ0n) is 9.66. The Morgan fingerprint density at radius 2 is 1.87 bits per heavy atom. The highest BCUT2D eigenvalue weighted by Gasteiger charge is 2.10. The number of aliphatic hydroxyl groups is 1. The third-order valence-corrected chi connectivity index (χ3v) is 3.05. The second-order valence-corrected chi connectivity index (χ2v) is 5.58. The maximum Gasteiger partial charge on any atom is 0.276 e. The molecule has 3 N–H and O–H groups in total. The van der Waals surface area contributed by atoms with Gasteiger partial charge in [0, 0.05) is 13.1 Å². The Hall–Kier alpha value is -0.170. The van der Waals surface area contributed by atoms with Crippen LogP contribution >= 0.6 is 0 Å². The molecule has 0 aliphatic heterocycles. The molecular weight excluding hydrogens is 216 g/mol. The molecular formula is C9H22N2O3S. The van der Waals surface area contributed by atoms with Crippen LogP contribution in [-0.4, -0.2) is 32.7 Å². The fourth-order valence-corrected chi connectivity index (χ4v) is 1.93. The lowest BCUT2D eigenvalue weighted by atomic mass is 10.2. The van der Waals surface area contributed by atoms with E-state index in [2.05, 4.69) is 9.44 Å². The van der Waals surface area contributed by atoms with E-state index in [1.165, 1.54) is 0 Å². The van der Waals surface area contributed by atoms with E-state index in [-0.39, 0.29) is 12.5 Å². The molecule has 0 aromatic rings. The SMILES string of the molecule is CCC(O)CCNS(=O)(=O)NCC(C)C. The summed E-state index contributed by atoms with van der Waals surface area (Å²) in [5.74, 6) is 0.280. The zero-order chi connectivity index (χ0) is 11.9. The molecule has 92 valence electrons. The van der Waals surface area contributed by atoms with Gasteiger partial charge in [-0.1, -0.05) is 20.8 Å². The van der Waals surface area contributed by atoms with Gasteiger partial charge in [0.1, 0.15) is 0 Å². The van der Waals surface area contributed by atoms with E-state index in [1.54, 1.807) is 0 Å². The third kappa shape index (κ3) is 8.80. The van der Waals surface area contributed by atoms with Gasteiger partial charge in [-0.3, -0.25) is 0 Å². The zero-order valence-corrected chi connectivity index (χ0v) is 10.5.